The van der Waals surface area contributed by atoms with Crippen LogP contribution in [0.25, 0.3) is 6.08 Å². The van der Waals surface area contributed by atoms with Gasteiger partial charge in [-0.25, -0.2) is 13.2 Å². The van der Waals surface area contributed by atoms with Gasteiger partial charge in [0.25, 0.3) is 0 Å². The maximum Gasteiger partial charge on any atom is 0.248 e. The summed E-state index contributed by atoms with van der Waals surface area (Å²) in [5.41, 5.74) is 3.11. The molecule has 1 fully saturated rings. The third-order valence-corrected chi connectivity index (χ3v) is 6.72. The Labute approximate surface area is 203 Å². The van der Waals surface area contributed by atoms with Crippen molar-refractivity contribution in [3.8, 4) is 11.8 Å². The van der Waals surface area contributed by atoms with Crippen LogP contribution in [0, 0.1) is 17.7 Å². The summed E-state index contributed by atoms with van der Waals surface area (Å²) in [7, 11) is 0. The summed E-state index contributed by atoms with van der Waals surface area (Å²) in [6.45, 7) is 2.24. The summed E-state index contributed by atoms with van der Waals surface area (Å²) in [5, 5.41) is 0. The molecule has 1 aliphatic carbocycles. The van der Waals surface area contributed by atoms with E-state index in [9.17, 15) is 13.2 Å². The molecule has 182 valence electrons. The van der Waals surface area contributed by atoms with E-state index in [4.69, 9.17) is 0 Å². The van der Waals surface area contributed by atoms with Gasteiger partial charge in [0.2, 0.25) is 5.92 Å². The Bertz CT molecular complexity index is 966. The first-order chi connectivity index (χ1) is 16.5. The molecule has 34 heavy (non-hydrogen) atoms. The molecule has 2 aromatic rings. The zero-order valence-electron chi connectivity index (χ0n) is 20.4. The Hall–Kier alpha value is -2.47. The molecule has 0 atom stereocenters. The first kappa shape index (κ1) is 26.1. The standard InChI is InChI=1S/C31H37F3/c1-2-3-4-5-6-7-8-9-10-11-26-15-19-29(30(32)24-26)18-14-25-12-16-27(17-13-25)28-20-22-31(33,34)23-21-28/h10-13,15-17,19,24,28H,2-9,20-23H2,1H3/b11-10+. The van der Waals surface area contributed by atoms with E-state index in [0.717, 1.165) is 23.1 Å². The lowest BCUT2D eigenvalue weighted by Crippen LogP contribution is -2.23. The van der Waals surface area contributed by atoms with Crippen LogP contribution in [0.1, 0.15) is 112 Å². The molecule has 1 saturated carbocycles. The summed E-state index contributed by atoms with van der Waals surface area (Å²) < 4.78 is 41.3. The van der Waals surface area contributed by atoms with E-state index in [1.807, 2.05) is 36.4 Å². The average Bonchev–Trinajstić information content (AvgIpc) is 2.83. The second-order valence-electron chi connectivity index (χ2n) is 9.55. The van der Waals surface area contributed by atoms with Gasteiger partial charge >= 0.3 is 0 Å². The molecule has 0 amide bonds. The number of hydrogen-bond acceptors (Lipinski definition) is 0. The molecule has 2 aromatic carbocycles. The molecule has 3 heteroatoms. The van der Waals surface area contributed by atoms with Crippen LogP contribution in [0.4, 0.5) is 13.2 Å². The van der Waals surface area contributed by atoms with Crippen molar-refractivity contribution in [2.45, 2.75) is 95.8 Å². The number of allylic oxidation sites excluding steroid dienone is 1. The quantitative estimate of drug-likeness (QED) is 0.241. The van der Waals surface area contributed by atoms with Gasteiger partial charge in [0, 0.05) is 18.4 Å². The molecule has 0 spiro atoms. The van der Waals surface area contributed by atoms with E-state index < -0.39 is 5.92 Å². The highest BCUT2D eigenvalue weighted by Crippen LogP contribution is 2.40. The highest BCUT2D eigenvalue weighted by molar-refractivity contribution is 5.53. The molecular weight excluding hydrogens is 429 g/mol. The Kier molecular flexibility index (Phi) is 10.3. The number of alkyl halides is 2. The number of rotatable bonds is 10. The fourth-order valence-electron chi connectivity index (χ4n) is 4.53. The van der Waals surface area contributed by atoms with Crippen molar-refractivity contribution in [1.82, 2.24) is 0 Å². The molecule has 0 heterocycles. The van der Waals surface area contributed by atoms with Crippen LogP contribution in [-0.4, -0.2) is 5.92 Å². The summed E-state index contributed by atoms with van der Waals surface area (Å²) in [5.74, 6) is 3.31. The van der Waals surface area contributed by atoms with Gasteiger partial charge in [0.15, 0.2) is 0 Å². The third kappa shape index (κ3) is 8.71. The topological polar surface area (TPSA) is 0 Å². The Balaban J connectivity index is 1.47. The molecule has 0 aliphatic heterocycles. The number of benzene rings is 2. The summed E-state index contributed by atoms with van der Waals surface area (Å²) in [6.07, 6.45) is 15.1. The van der Waals surface area contributed by atoms with Crippen molar-refractivity contribution in [3.63, 3.8) is 0 Å². The van der Waals surface area contributed by atoms with Crippen LogP contribution in [0.5, 0.6) is 0 Å². The Morgan fingerprint density at radius 1 is 0.882 bits per heavy atom. The molecule has 0 bridgehead atoms. The lowest BCUT2D eigenvalue weighted by Gasteiger charge is -2.28. The molecule has 3 rings (SSSR count). The Morgan fingerprint density at radius 2 is 1.56 bits per heavy atom. The lowest BCUT2D eigenvalue weighted by atomic mass is 9.82. The van der Waals surface area contributed by atoms with Crippen LogP contribution in [0.2, 0.25) is 0 Å². The van der Waals surface area contributed by atoms with Gasteiger partial charge in [-0.05, 0) is 67.0 Å². The zero-order valence-corrected chi connectivity index (χ0v) is 20.4. The minimum atomic E-state index is -2.51. The SMILES string of the molecule is CCCCCCCCC/C=C/c1ccc(C#Cc2ccc(C3CCC(F)(F)CC3)cc2)c(F)c1. The smallest absolute Gasteiger partial charge is 0.207 e. The maximum atomic E-state index is 14.5. The molecule has 0 saturated heterocycles. The van der Waals surface area contributed by atoms with E-state index in [1.165, 1.54) is 51.0 Å². The first-order valence-corrected chi connectivity index (χ1v) is 12.9. The average molecular weight is 467 g/mol. The van der Waals surface area contributed by atoms with Crippen molar-refractivity contribution in [3.05, 3.63) is 76.6 Å². The highest BCUT2D eigenvalue weighted by atomic mass is 19.3. The second kappa shape index (κ2) is 13.4. The van der Waals surface area contributed by atoms with Crippen LogP contribution in [0.3, 0.4) is 0 Å². The predicted molar refractivity (Wildman–Crippen MR) is 137 cm³/mol. The van der Waals surface area contributed by atoms with Crippen LogP contribution in [-0.2, 0) is 0 Å². The largest absolute Gasteiger partial charge is 0.248 e. The van der Waals surface area contributed by atoms with Gasteiger partial charge in [0.1, 0.15) is 5.82 Å². The van der Waals surface area contributed by atoms with Crippen LogP contribution in [0.15, 0.2) is 48.5 Å². The maximum absolute atomic E-state index is 14.5. The molecule has 0 aromatic heterocycles. The predicted octanol–water partition coefficient (Wildman–Crippen LogP) is 9.67. The van der Waals surface area contributed by atoms with Crippen molar-refractivity contribution >= 4 is 6.08 Å². The zero-order chi connectivity index (χ0) is 24.2. The van der Waals surface area contributed by atoms with Crippen molar-refractivity contribution < 1.29 is 13.2 Å². The van der Waals surface area contributed by atoms with E-state index in [2.05, 4.69) is 24.8 Å². The Morgan fingerprint density at radius 3 is 2.24 bits per heavy atom. The van der Waals surface area contributed by atoms with E-state index in [1.54, 1.807) is 6.07 Å². The third-order valence-electron chi connectivity index (χ3n) is 6.72. The van der Waals surface area contributed by atoms with Gasteiger partial charge < -0.3 is 0 Å². The van der Waals surface area contributed by atoms with Gasteiger partial charge in [-0.3, -0.25) is 0 Å². The highest BCUT2D eigenvalue weighted by Gasteiger charge is 2.35. The van der Waals surface area contributed by atoms with Crippen molar-refractivity contribution in [1.29, 1.82) is 0 Å². The van der Waals surface area contributed by atoms with Crippen LogP contribution >= 0.6 is 0 Å². The fourth-order valence-corrected chi connectivity index (χ4v) is 4.53. The monoisotopic (exact) mass is 466 g/mol. The molecule has 0 unspecified atom stereocenters. The number of unbranched alkanes of at least 4 members (excludes halogenated alkanes) is 7. The molecule has 1 aliphatic rings. The van der Waals surface area contributed by atoms with E-state index in [0.29, 0.717) is 18.4 Å². The second-order valence-corrected chi connectivity index (χ2v) is 9.55. The van der Waals surface area contributed by atoms with E-state index >= 15 is 0 Å². The lowest BCUT2D eigenvalue weighted by molar-refractivity contribution is -0.0382. The number of halogens is 3. The summed E-state index contributed by atoms with van der Waals surface area (Å²) in [6, 6.07) is 12.9. The minimum absolute atomic E-state index is 0.0389. The molecule has 0 nitrogen and oxygen atoms in total. The van der Waals surface area contributed by atoms with Crippen molar-refractivity contribution in [2.75, 3.05) is 0 Å². The normalized spacial score (nSPS) is 15.9. The van der Waals surface area contributed by atoms with E-state index in [-0.39, 0.29) is 24.6 Å². The van der Waals surface area contributed by atoms with Gasteiger partial charge in [-0.15, -0.1) is 0 Å². The van der Waals surface area contributed by atoms with Gasteiger partial charge in [-0.1, -0.05) is 87.6 Å². The summed E-state index contributed by atoms with van der Waals surface area (Å²) in [4.78, 5) is 0. The fraction of sp³-hybridized carbons (Fsp3) is 0.484. The molecular formula is C31H37F3. The van der Waals surface area contributed by atoms with Crippen molar-refractivity contribution in [2.24, 2.45) is 0 Å². The molecule has 0 radical (unpaired) electrons. The number of hydrogen-bond donors (Lipinski definition) is 0. The molecule has 0 N–H and O–H groups in total. The summed E-state index contributed by atoms with van der Waals surface area (Å²) >= 11 is 0. The van der Waals surface area contributed by atoms with Gasteiger partial charge in [0.05, 0.1) is 5.56 Å². The van der Waals surface area contributed by atoms with Crippen LogP contribution < -0.4 is 0 Å². The first-order valence-electron chi connectivity index (χ1n) is 12.9. The minimum Gasteiger partial charge on any atom is -0.207 e. The van der Waals surface area contributed by atoms with Gasteiger partial charge in [-0.2, -0.15) is 0 Å².